The summed E-state index contributed by atoms with van der Waals surface area (Å²) in [6.07, 6.45) is 1.27. The van der Waals surface area contributed by atoms with E-state index in [0.717, 1.165) is 15.7 Å². The van der Waals surface area contributed by atoms with E-state index in [0.29, 0.717) is 5.75 Å². The third-order valence-electron chi connectivity index (χ3n) is 2.25. The van der Waals surface area contributed by atoms with Gasteiger partial charge in [-0.15, -0.1) is 11.3 Å². The Morgan fingerprint density at radius 3 is 3.12 bits per heavy atom. The fourth-order valence-corrected chi connectivity index (χ4v) is 3.01. The van der Waals surface area contributed by atoms with Crippen molar-refractivity contribution in [3.63, 3.8) is 0 Å². The van der Waals surface area contributed by atoms with E-state index in [2.05, 4.69) is 4.98 Å². The van der Waals surface area contributed by atoms with E-state index in [-0.39, 0.29) is 0 Å². The predicted molar refractivity (Wildman–Crippen MR) is 70.8 cm³/mol. The summed E-state index contributed by atoms with van der Waals surface area (Å²) in [4.78, 5) is 4.16. The number of aliphatic hydroxyl groups excluding tert-OH is 1. The fourth-order valence-electron chi connectivity index (χ4n) is 1.38. The van der Waals surface area contributed by atoms with Gasteiger partial charge in [-0.3, -0.25) is 0 Å². The van der Waals surface area contributed by atoms with Crippen molar-refractivity contribution < 1.29 is 9.84 Å². The smallest absolute Gasteiger partial charge is 0.149 e. The van der Waals surface area contributed by atoms with Crippen LogP contribution in [0.15, 0.2) is 40.2 Å². The van der Waals surface area contributed by atoms with Crippen LogP contribution in [0.1, 0.15) is 11.7 Å². The zero-order valence-corrected chi connectivity index (χ0v) is 11.0. The van der Waals surface area contributed by atoms with Crippen LogP contribution >= 0.6 is 23.1 Å². The van der Waals surface area contributed by atoms with Crippen molar-refractivity contribution in [1.29, 1.82) is 0 Å². The van der Waals surface area contributed by atoms with Crippen molar-refractivity contribution in [1.82, 2.24) is 4.98 Å². The summed E-state index contributed by atoms with van der Waals surface area (Å²) in [6.45, 7) is 0. The van der Waals surface area contributed by atoms with Gasteiger partial charge < -0.3 is 9.84 Å². The van der Waals surface area contributed by atoms with Gasteiger partial charge in [0, 0.05) is 17.3 Å². The highest BCUT2D eigenvalue weighted by atomic mass is 32.2. The number of ether oxygens (including phenoxy) is 1. The molecule has 1 atom stereocenters. The molecule has 0 aliphatic heterocycles. The number of aliphatic hydroxyl groups is 1. The Kier molecular flexibility index (Phi) is 4.42. The Labute approximate surface area is 108 Å². The number of thiazole rings is 1. The minimum atomic E-state index is -0.501. The van der Waals surface area contributed by atoms with Crippen molar-refractivity contribution in [2.75, 3.05) is 12.9 Å². The van der Waals surface area contributed by atoms with Crippen molar-refractivity contribution in [2.24, 2.45) is 0 Å². The first-order chi connectivity index (χ1) is 8.29. The topological polar surface area (TPSA) is 42.4 Å². The number of rotatable bonds is 5. The standard InChI is InChI=1S/C12H13NO2S2/c1-15-10-4-2-3-9(7-10)11(14)8-17-12-13-5-6-16-12/h2-7,11,14H,8H2,1H3. The Bertz CT molecular complexity index is 459. The van der Waals surface area contributed by atoms with Gasteiger partial charge in [-0.1, -0.05) is 23.9 Å². The minimum absolute atomic E-state index is 0.501. The molecule has 0 fully saturated rings. The summed E-state index contributed by atoms with van der Waals surface area (Å²) in [6, 6.07) is 7.50. The molecule has 1 unspecified atom stereocenters. The minimum Gasteiger partial charge on any atom is -0.497 e. The zero-order chi connectivity index (χ0) is 12.1. The molecule has 1 aromatic heterocycles. The summed E-state index contributed by atoms with van der Waals surface area (Å²) >= 11 is 3.14. The molecule has 0 spiro atoms. The lowest BCUT2D eigenvalue weighted by Crippen LogP contribution is -2.00. The summed E-state index contributed by atoms with van der Waals surface area (Å²) in [5.74, 6) is 1.36. The molecule has 5 heteroatoms. The van der Waals surface area contributed by atoms with Gasteiger partial charge in [0.2, 0.25) is 0 Å². The van der Waals surface area contributed by atoms with Crippen LogP contribution in [0.25, 0.3) is 0 Å². The maximum atomic E-state index is 10.0. The first kappa shape index (κ1) is 12.4. The van der Waals surface area contributed by atoms with Gasteiger partial charge >= 0.3 is 0 Å². The van der Waals surface area contributed by atoms with Crippen LogP contribution in [-0.2, 0) is 0 Å². The van der Waals surface area contributed by atoms with E-state index in [1.165, 1.54) is 0 Å². The predicted octanol–water partition coefficient (Wildman–Crippen LogP) is 2.98. The van der Waals surface area contributed by atoms with Crippen LogP contribution < -0.4 is 4.74 Å². The number of aromatic nitrogens is 1. The maximum Gasteiger partial charge on any atom is 0.149 e. The lowest BCUT2D eigenvalue weighted by Gasteiger charge is -2.10. The molecular formula is C12H13NO2S2. The van der Waals surface area contributed by atoms with Gasteiger partial charge in [0.25, 0.3) is 0 Å². The number of methoxy groups -OCH3 is 1. The van der Waals surface area contributed by atoms with Crippen LogP contribution in [0.4, 0.5) is 0 Å². The molecule has 17 heavy (non-hydrogen) atoms. The highest BCUT2D eigenvalue weighted by molar-refractivity contribution is 8.01. The molecule has 0 saturated carbocycles. The average molecular weight is 267 g/mol. The van der Waals surface area contributed by atoms with Gasteiger partial charge in [0.05, 0.1) is 13.2 Å². The summed E-state index contributed by atoms with van der Waals surface area (Å²) in [7, 11) is 1.62. The molecule has 1 aromatic carbocycles. The highest BCUT2D eigenvalue weighted by Crippen LogP contribution is 2.27. The highest BCUT2D eigenvalue weighted by Gasteiger charge is 2.09. The lowest BCUT2D eigenvalue weighted by molar-refractivity contribution is 0.203. The van der Waals surface area contributed by atoms with Crippen LogP contribution in [0.3, 0.4) is 0 Å². The van der Waals surface area contributed by atoms with Crippen LogP contribution in [-0.4, -0.2) is 23.0 Å². The van der Waals surface area contributed by atoms with Crippen molar-refractivity contribution in [3.05, 3.63) is 41.4 Å². The third kappa shape index (κ3) is 3.46. The third-order valence-corrected chi connectivity index (χ3v) is 4.29. The molecule has 0 bridgehead atoms. The fraction of sp³-hybridized carbons (Fsp3) is 0.250. The molecule has 1 N–H and O–H groups in total. The van der Waals surface area contributed by atoms with Gasteiger partial charge in [-0.2, -0.15) is 0 Å². The molecule has 0 aliphatic carbocycles. The number of nitrogens with zero attached hydrogens (tertiary/aromatic N) is 1. The monoisotopic (exact) mass is 267 g/mol. The van der Waals surface area contributed by atoms with Crippen molar-refractivity contribution in [2.45, 2.75) is 10.4 Å². The van der Waals surface area contributed by atoms with E-state index in [1.54, 1.807) is 36.4 Å². The van der Waals surface area contributed by atoms with E-state index < -0.39 is 6.10 Å². The Morgan fingerprint density at radius 2 is 2.41 bits per heavy atom. The van der Waals surface area contributed by atoms with Crippen LogP contribution in [0, 0.1) is 0 Å². The molecular weight excluding hydrogens is 254 g/mol. The van der Waals surface area contributed by atoms with Crippen LogP contribution in [0.2, 0.25) is 0 Å². The van der Waals surface area contributed by atoms with E-state index >= 15 is 0 Å². The summed E-state index contributed by atoms with van der Waals surface area (Å²) < 4.78 is 6.11. The average Bonchev–Trinajstić information content (AvgIpc) is 2.89. The largest absolute Gasteiger partial charge is 0.497 e. The molecule has 3 nitrogen and oxygen atoms in total. The Hall–Kier alpha value is -1.04. The van der Waals surface area contributed by atoms with Crippen molar-refractivity contribution in [3.8, 4) is 5.75 Å². The normalized spacial score (nSPS) is 12.4. The second kappa shape index (κ2) is 6.05. The van der Waals surface area contributed by atoms with Crippen molar-refractivity contribution >= 4 is 23.1 Å². The molecule has 0 amide bonds. The molecule has 2 rings (SSSR count). The van der Waals surface area contributed by atoms with E-state index in [4.69, 9.17) is 4.74 Å². The van der Waals surface area contributed by atoms with E-state index in [1.807, 2.05) is 29.6 Å². The van der Waals surface area contributed by atoms with Gasteiger partial charge in [-0.25, -0.2) is 4.98 Å². The summed E-state index contributed by atoms with van der Waals surface area (Å²) in [5.41, 5.74) is 0.869. The number of hydrogen-bond acceptors (Lipinski definition) is 5. The molecule has 2 aromatic rings. The quantitative estimate of drug-likeness (QED) is 0.846. The van der Waals surface area contributed by atoms with Gasteiger partial charge in [0.15, 0.2) is 0 Å². The first-order valence-corrected chi connectivity index (χ1v) is 7.00. The molecule has 1 heterocycles. The number of benzene rings is 1. The molecule has 0 radical (unpaired) electrons. The molecule has 0 saturated heterocycles. The Balaban J connectivity index is 1.96. The van der Waals surface area contributed by atoms with Crippen LogP contribution in [0.5, 0.6) is 5.75 Å². The van der Waals surface area contributed by atoms with E-state index in [9.17, 15) is 5.11 Å². The van der Waals surface area contributed by atoms with Gasteiger partial charge in [-0.05, 0) is 17.7 Å². The number of thioether (sulfide) groups is 1. The van der Waals surface area contributed by atoms with Gasteiger partial charge in [0.1, 0.15) is 10.1 Å². The SMILES string of the molecule is COc1cccc(C(O)CSc2nccs2)c1. The lowest BCUT2D eigenvalue weighted by atomic mass is 10.1. The maximum absolute atomic E-state index is 10.0. The zero-order valence-electron chi connectivity index (χ0n) is 9.37. The second-order valence-electron chi connectivity index (χ2n) is 3.40. The molecule has 0 aliphatic rings. The Morgan fingerprint density at radius 1 is 1.53 bits per heavy atom. The summed E-state index contributed by atoms with van der Waals surface area (Å²) in [5, 5.41) is 12.0. The second-order valence-corrected chi connectivity index (χ2v) is 5.56. The molecule has 90 valence electrons. The first-order valence-electron chi connectivity index (χ1n) is 5.14. The number of hydrogen-bond donors (Lipinski definition) is 1.